The van der Waals surface area contributed by atoms with Crippen LogP contribution < -0.4 is 5.73 Å². The fraction of sp³-hybridized carbons (Fsp3) is 0.647. The molecule has 0 spiro atoms. The van der Waals surface area contributed by atoms with Crippen LogP contribution in [0, 0.1) is 0 Å². The maximum atomic E-state index is 9.47. The molecule has 2 nitrogen and oxygen atoms in total. The molecule has 108 valence electrons. The van der Waals surface area contributed by atoms with Gasteiger partial charge in [0.2, 0.25) is 0 Å². The minimum absolute atomic E-state index is 0.0900. The van der Waals surface area contributed by atoms with E-state index in [9.17, 15) is 5.11 Å². The summed E-state index contributed by atoms with van der Waals surface area (Å²) in [5.74, 6) is 0.560. The van der Waals surface area contributed by atoms with E-state index >= 15 is 0 Å². The molecule has 0 aliphatic rings. The third-order valence-corrected chi connectivity index (χ3v) is 3.93. The number of hydrogen-bond acceptors (Lipinski definition) is 2. The van der Waals surface area contributed by atoms with Crippen LogP contribution in [0.25, 0.3) is 0 Å². The molecule has 1 aromatic carbocycles. The number of nitrogens with two attached hydrogens (primary N) is 1. The van der Waals surface area contributed by atoms with Gasteiger partial charge in [0, 0.05) is 5.69 Å². The molecule has 0 aliphatic heterocycles. The topological polar surface area (TPSA) is 46.2 Å². The summed E-state index contributed by atoms with van der Waals surface area (Å²) in [6.07, 6.45) is 8.95. The van der Waals surface area contributed by atoms with Crippen molar-refractivity contribution in [2.45, 2.75) is 71.3 Å². The second-order valence-electron chi connectivity index (χ2n) is 5.42. The molecular formula is C17H29NO. The molecule has 19 heavy (non-hydrogen) atoms. The third-order valence-electron chi connectivity index (χ3n) is 3.93. The fourth-order valence-electron chi connectivity index (χ4n) is 2.73. The van der Waals surface area contributed by atoms with Crippen LogP contribution in [0.3, 0.4) is 0 Å². The molecule has 0 saturated heterocycles. The highest BCUT2D eigenvalue weighted by Crippen LogP contribution is 2.30. The second kappa shape index (κ2) is 8.98. The molecule has 1 aromatic rings. The Bertz CT molecular complexity index is 362. The molecule has 0 fully saturated rings. The van der Waals surface area contributed by atoms with Gasteiger partial charge >= 0.3 is 0 Å². The van der Waals surface area contributed by atoms with E-state index in [1.165, 1.54) is 44.1 Å². The van der Waals surface area contributed by atoms with Gasteiger partial charge in [0.15, 0.2) is 0 Å². The average molecular weight is 263 g/mol. The van der Waals surface area contributed by atoms with E-state index in [0.29, 0.717) is 5.92 Å². The molecule has 1 atom stereocenters. The van der Waals surface area contributed by atoms with Crippen LogP contribution in [-0.4, -0.2) is 5.11 Å². The Morgan fingerprint density at radius 2 is 1.84 bits per heavy atom. The number of benzene rings is 1. The van der Waals surface area contributed by atoms with Crippen LogP contribution in [0.2, 0.25) is 0 Å². The number of anilines is 1. The average Bonchev–Trinajstić information content (AvgIpc) is 2.43. The van der Waals surface area contributed by atoms with E-state index in [0.717, 1.165) is 17.7 Å². The lowest BCUT2D eigenvalue weighted by Gasteiger charge is -2.19. The predicted octanol–water partition coefficient (Wildman–Crippen LogP) is 4.62. The Labute approximate surface area is 118 Å². The predicted molar refractivity (Wildman–Crippen MR) is 83.2 cm³/mol. The van der Waals surface area contributed by atoms with E-state index in [1.807, 2.05) is 12.1 Å². The molecule has 1 unspecified atom stereocenters. The van der Waals surface area contributed by atoms with Crippen LogP contribution in [0.1, 0.15) is 75.8 Å². The summed E-state index contributed by atoms with van der Waals surface area (Å²) in [6, 6.07) is 5.96. The highest BCUT2D eigenvalue weighted by Gasteiger charge is 2.13. The third kappa shape index (κ3) is 5.23. The Morgan fingerprint density at radius 1 is 1.11 bits per heavy atom. The van der Waals surface area contributed by atoms with Crippen molar-refractivity contribution in [1.82, 2.24) is 0 Å². The number of aliphatic hydroxyl groups is 1. The van der Waals surface area contributed by atoms with Gasteiger partial charge in [-0.05, 0) is 42.0 Å². The summed E-state index contributed by atoms with van der Waals surface area (Å²) in [5.41, 5.74) is 8.82. The van der Waals surface area contributed by atoms with Crippen molar-refractivity contribution < 1.29 is 5.11 Å². The first-order valence-electron chi connectivity index (χ1n) is 7.72. The summed E-state index contributed by atoms with van der Waals surface area (Å²) in [4.78, 5) is 0. The Morgan fingerprint density at radius 3 is 2.47 bits per heavy atom. The van der Waals surface area contributed by atoms with Gasteiger partial charge in [-0.15, -0.1) is 0 Å². The molecule has 0 saturated carbocycles. The van der Waals surface area contributed by atoms with Crippen LogP contribution in [0.15, 0.2) is 18.2 Å². The highest BCUT2D eigenvalue weighted by molar-refractivity contribution is 5.45. The SMILES string of the molecule is CCCCCCCC(CC)c1ccc(N)cc1CO. The molecule has 0 aliphatic carbocycles. The van der Waals surface area contributed by atoms with Crippen molar-refractivity contribution in [3.05, 3.63) is 29.3 Å². The van der Waals surface area contributed by atoms with E-state index in [-0.39, 0.29) is 6.61 Å². The Balaban J connectivity index is 2.58. The minimum atomic E-state index is 0.0900. The first-order valence-corrected chi connectivity index (χ1v) is 7.72. The zero-order valence-corrected chi connectivity index (χ0v) is 12.5. The van der Waals surface area contributed by atoms with Gasteiger partial charge in [-0.25, -0.2) is 0 Å². The van der Waals surface area contributed by atoms with Crippen molar-refractivity contribution in [1.29, 1.82) is 0 Å². The second-order valence-corrected chi connectivity index (χ2v) is 5.42. The lowest BCUT2D eigenvalue weighted by Crippen LogP contribution is -2.03. The van der Waals surface area contributed by atoms with Crippen molar-refractivity contribution in [3.63, 3.8) is 0 Å². The number of nitrogen functional groups attached to an aromatic ring is 1. The Kier molecular flexibility index (Phi) is 7.57. The normalized spacial score (nSPS) is 12.6. The van der Waals surface area contributed by atoms with Crippen LogP contribution in [0.5, 0.6) is 0 Å². The number of aliphatic hydroxyl groups excluding tert-OH is 1. The molecule has 0 amide bonds. The zero-order valence-electron chi connectivity index (χ0n) is 12.5. The lowest BCUT2D eigenvalue weighted by molar-refractivity contribution is 0.279. The molecule has 0 heterocycles. The van der Waals surface area contributed by atoms with E-state index in [4.69, 9.17) is 5.73 Å². The van der Waals surface area contributed by atoms with Gasteiger partial charge in [-0.2, -0.15) is 0 Å². The molecule has 0 radical (unpaired) electrons. The molecule has 1 rings (SSSR count). The largest absolute Gasteiger partial charge is 0.399 e. The molecule has 0 bridgehead atoms. The van der Waals surface area contributed by atoms with Crippen molar-refractivity contribution in [3.8, 4) is 0 Å². The number of rotatable bonds is 9. The molecule has 3 N–H and O–H groups in total. The molecular weight excluding hydrogens is 234 g/mol. The van der Waals surface area contributed by atoms with Gasteiger partial charge < -0.3 is 10.8 Å². The van der Waals surface area contributed by atoms with Gasteiger partial charge in [0.1, 0.15) is 0 Å². The Hall–Kier alpha value is -1.02. The molecule has 2 heteroatoms. The summed E-state index contributed by atoms with van der Waals surface area (Å²) < 4.78 is 0. The summed E-state index contributed by atoms with van der Waals surface area (Å²) in [7, 11) is 0. The van der Waals surface area contributed by atoms with Crippen LogP contribution in [0.4, 0.5) is 5.69 Å². The van der Waals surface area contributed by atoms with Gasteiger partial charge in [0.05, 0.1) is 6.61 Å². The molecule has 0 aromatic heterocycles. The van der Waals surface area contributed by atoms with Gasteiger partial charge in [-0.3, -0.25) is 0 Å². The fourth-order valence-corrected chi connectivity index (χ4v) is 2.73. The van der Waals surface area contributed by atoms with Crippen molar-refractivity contribution in [2.75, 3.05) is 5.73 Å². The summed E-state index contributed by atoms with van der Waals surface area (Å²) >= 11 is 0. The number of hydrogen-bond donors (Lipinski definition) is 2. The van der Waals surface area contributed by atoms with E-state index < -0.39 is 0 Å². The monoisotopic (exact) mass is 263 g/mol. The van der Waals surface area contributed by atoms with Gasteiger partial charge in [0.25, 0.3) is 0 Å². The lowest BCUT2D eigenvalue weighted by atomic mass is 9.87. The highest BCUT2D eigenvalue weighted by atomic mass is 16.3. The van der Waals surface area contributed by atoms with Gasteiger partial charge in [-0.1, -0.05) is 52.0 Å². The van der Waals surface area contributed by atoms with Crippen molar-refractivity contribution >= 4 is 5.69 Å². The zero-order chi connectivity index (χ0) is 14.1. The first-order chi connectivity index (χ1) is 9.22. The summed E-state index contributed by atoms with van der Waals surface area (Å²) in [5, 5.41) is 9.47. The van der Waals surface area contributed by atoms with E-state index in [1.54, 1.807) is 0 Å². The quantitative estimate of drug-likeness (QED) is 0.504. The van der Waals surface area contributed by atoms with Crippen LogP contribution in [-0.2, 0) is 6.61 Å². The first kappa shape index (κ1) is 16.0. The maximum absolute atomic E-state index is 9.47. The summed E-state index contributed by atoms with van der Waals surface area (Å²) in [6.45, 7) is 4.57. The van der Waals surface area contributed by atoms with E-state index in [2.05, 4.69) is 19.9 Å². The number of unbranched alkanes of at least 4 members (excludes halogenated alkanes) is 4. The van der Waals surface area contributed by atoms with Crippen molar-refractivity contribution in [2.24, 2.45) is 0 Å². The maximum Gasteiger partial charge on any atom is 0.0685 e. The minimum Gasteiger partial charge on any atom is -0.399 e. The van der Waals surface area contributed by atoms with Crippen LogP contribution >= 0.6 is 0 Å². The standard InChI is InChI=1S/C17H29NO/c1-3-5-6-7-8-9-14(4-2)17-11-10-16(18)12-15(17)13-19/h10-12,14,19H,3-9,13,18H2,1-2H3. The smallest absolute Gasteiger partial charge is 0.0685 e.